The van der Waals surface area contributed by atoms with Crippen molar-refractivity contribution in [1.82, 2.24) is 15.1 Å². The summed E-state index contributed by atoms with van der Waals surface area (Å²) in [7, 11) is 0. The summed E-state index contributed by atoms with van der Waals surface area (Å²) in [6.45, 7) is 6.05. The van der Waals surface area contributed by atoms with Gasteiger partial charge >= 0.3 is 0 Å². The molecule has 1 aromatic carbocycles. The van der Waals surface area contributed by atoms with Crippen LogP contribution in [-0.4, -0.2) is 55.0 Å². The molecule has 0 unspecified atom stereocenters. The van der Waals surface area contributed by atoms with E-state index in [9.17, 15) is 4.79 Å². The molecule has 4 nitrogen and oxygen atoms in total. The zero-order chi connectivity index (χ0) is 13.8. The van der Waals surface area contributed by atoms with E-state index in [4.69, 9.17) is 0 Å². The van der Waals surface area contributed by atoms with Gasteiger partial charge in [0.2, 0.25) is 5.91 Å². The first-order valence-corrected chi connectivity index (χ1v) is 7.60. The van der Waals surface area contributed by atoms with Gasteiger partial charge in [0.25, 0.3) is 0 Å². The van der Waals surface area contributed by atoms with Gasteiger partial charge in [-0.25, -0.2) is 0 Å². The van der Waals surface area contributed by atoms with Crippen molar-refractivity contribution in [3.8, 4) is 0 Å². The highest BCUT2D eigenvalue weighted by Crippen LogP contribution is 2.18. The highest BCUT2D eigenvalue weighted by Gasteiger charge is 2.21. The molecule has 1 aromatic rings. The highest BCUT2D eigenvalue weighted by atomic mass is 16.2. The predicted molar refractivity (Wildman–Crippen MR) is 79.5 cm³/mol. The fraction of sp³-hybridized carbons (Fsp3) is 0.562. The number of carbonyl (C=O) groups excluding carboxylic acids is 1. The van der Waals surface area contributed by atoms with Crippen molar-refractivity contribution < 1.29 is 4.79 Å². The third kappa shape index (κ3) is 3.19. The Bertz CT molecular complexity index is 469. The lowest BCUT2D eigenvalue weighted by Gasteiger charge is -2.30. The van der Waals surface area contributed by atoms with Crippen LogP contribution in [0.4, 0.5) is 0 Å². The van der Waals surface area contributed by atoms with E-state index in [1.54, 1.807) is 0 Å². The average Bonchev–Trinajstić information content (AvgIpc) is 2.69. The SMILES string of the molecule is O=C(CN1CCCc2ccccc2C1)N1CCNCC1. The summed E-state index contributed by atoms with van der Waals surface area (Å²) < 4.78 is 0. The number of aryl methyl sites for hydroxylation is 1. The molecule has 2 aliphatic heterocycles. The minimum atomic E-state index is 0.283. The molecule has 20 heavy (non-hydrogen) atoms. The molecular formula is C16H23N3O. The van der Waals surface area contributed by atoms with Crippen LogP contribution in [0, 0.1) is 0 Å². The lowest BCUT2D eigenvalue weighted by Crippen LogP contribution is -2.49. The van der Waals surface area contributed by atoms with Crippen molar-refractivity contribution in [2.45, 2.75) is 19.4 Å². The summed E-state index contributed by atoms with van der Waals surface area (Å²) in [5.74, 6) is 0.283. The lowest BCUT2D eigenvalue weighted by atomic mass is 10.0. The summed E-state index contributed by atoms with van der Waals surface area (Å²) >= 11 is 0. The first-order valence-electron chi connectivity index (χ1n) is 7.60. The molecule has 0 aromatic heterocycles. The predicted octanol–water partition coefficient (Wildman–Crippen LogP) is 0.867. The minimum absolute atomic E-state index is 0.283. The molecule has 1 amide bonds. The van der Waals surface area contributed by atoms with Crippen LogP contribution < -0.4 is 5.32 Å². The zero-order valence-electron chi connectivity index (χ0n) is 12.0. The minimum Gasteiger partial charge on any atom is -0.339 e. The summed E-state index contributed by atoms with van der Waals surface area (Å²) in [5.41, 5.74) is 2.84. The molecule has 2 heterocycles. The van der Waals surface area contributed by atoms with Gasteiger partial charge in [0.05, 0.1) is 6.54 Å². The van der Waals surface area contributed by atoms with Gasteiger partial charge < -0.3 is 10.2 Å². The van der Waals surface area contributed by atoms with Gasteiger partial charge in [0.1, 0.15) is 0 Å². The number of fused-ring (bicyclic) bond motifs is 1. The topological polar surface area (TPSA) is 35.6 Å². The summed E-state index contributed by atoms with van der Waals surface area (Å²) in [4.78, 5) is 16.6. The number of nitrogens with zero attached hydrogens (tertiary/aromatic N) is 2. The fourth-order valence-electron chi connectivity index (χ4n) is 3.11. The van der Waals surface area contributed by atoms with Crippen LogP contribution in [0.25, 0.3) is 0 Å². The van der Waals surface area contributed by atoms with Gasteiger partial charge in [-0.05, 0) is 30.5 Å². The van der Waals surface area contributed by atoms with E-state index in [0.717, 1.165) is 52.1 Å². The lowest BCUT2D eigenvalue weighted by molar-refractivity contribution is -0.133. The second-order valence-electron chi connectivity index (χ2n) is 5.71. The Morgan fingerprint density at radius 3 is 2.65 bits per heavy atom. The van der Waals surface area contributed by atoms with Crippen molar-refractivity contribution >= 4 is 5.91 Å². The van der Waals surface area contributed by atoms with E-state index >= 15 is 0 Å². The molecule has 1 saturated heterocycles. The number of carbonyl (C=O) groups is 1. The van der Waals surface area contributed by atoms with E-state index in [1.165, 1.54) is 11.1 Å². The Morgan fingerprint density at radius 2 is 1.85 bits per heavy atom. The van der Waals surface area contributed by atoms with Crippen molar-refractivity contribution in [3.05, 3.63) is 35.4 Å². The smallest absolute Gasteiger partial charge is 0.236 e. The molecule has 0 aliphatic carbocycles. The molecule has 4 heteroatoms. The molecular weight excluding hydrogens is 250 g/mol. The highest BCUT2D eigenvalue weighted by molar-refractivity contribution is 5.78. The molecule has 1 fully saturated rings. The second-order valence-corrected chi connectivity index (χ2v) is 5.71. The number of hydrogen-bond donors (Lipinski definition) is 1. The van der Waals surface area contributed by atoms with Crippen LogP contribution in [0.15, 0.2) is 24.3 Å². The normalized spacial score (nSPS) is 20.3. The van der Waals surface area contributed by atoms with E-state index in [1.807, 2.05) is 4.90 Å². The van der Waals surface area contributed by atoms with Gasteiger partial charge in [0.15, 0.2) is 0 Å². The summed E-state index contributed by atoms with van der Waals surface area (Å²) in [6.07, 6.45) is 2.28. The van der Waals surface area contributed by atoms with E-state index < -0.39 is 0 Å². The van der Waals surface area contributed by atoms with Crippen LogP contribution in [0.1, 0.15) is 17.5 Å². The van der Waals surface area contributed by atoms with Gasteiger partial charge in [-0.1, -0.05) is 24.3 Å². The van der Waals surface area contributed by atoms with Crippen LogP contribution in [0.2, 0.25) is 0 Å². The standard InChI is InChI=1S/C16H23N3O/c20-16(19-10-7-17-8-11-19)13-18-9-3-6-14-4-1-2-5-15(14)12-18/h1-2,4-5,17H,3,6-13H2. The summed E-state index contributed by atoms with van der Waals surface area (Å²) in [5, 5.41) is 3.29. The largest absolute Gasteiger partial charge is 0.339 e. The van der Waals surface area contributed by atoms with Gasteiger partial charge in [-0.2, -0.15) is 0 Å². The maximum atomic E-state index is 12.3. The van der Waals surface area contributed by atoms with Crippen molar-refractivity contribution in [2.24, 2.45) is 0 Å². The maximum absolute atomic E-state index is 12.3. The number of nitrogens with one attached hydrogen (secondary N) is 1. The Balaban J connectivity index is 1.61. The molecule has 108 valence electrons. The van der Waals surface area contributed by atoms with Crippen LogP contribution in [0.3, 0.4) is 0 Å². The Labute approximate surface area is 120 Å². The number of hydrogen-bond acceptors (Lipinski definition) is 3. The Morgan fingerprint density at radius 1 is 1.10 bits per heavy atom. The maximum Gasteiger partial charge on any atom is 0.236 e. The number of piperazine rings is 1. The third-order valence-corrected chi connectivity index (χ3v) is 4.26. The Hall–Kier alpha value is -1.39. The second kappa shape index (κ2) is 6.37. The molecule has 0 bridgehead atoms. The number of amides is 1. The first kappa shape index (κ1) is 13.6. The van der Waals surface area contributed by atoms with Gasteiger partial charge in [-0.15, -0.1) is 0 Å². The fourth-order valence-corrected chi connectivity index (χ4v) is 3.11. The van der Waals surface area contributed by atoms with Crippen molar-refractivity contribution in [1.29, 1.82) is 0 Å². The average molecular weight is 273 g/mol. The van der Waals surface area contributed by atoms with Crippen molar-refractivity contribution in [3.63, 3.8) is 0 Å². The molecule has 3 rings (SSSR count). The van der Waals surface area contributed by atoms with Gasteiger partial charge in [0, 0.05) is 32.7 Å². The van der Waals surface area contributed by atoms with Crippen LogP contribution >= 0.6 is 0 Å². The van der Waals surface area contributed by atoms with Crippen LogP contribution in [-0.2, 0) is 17.8 Å². The first-order chi connectivity index (χ1) is 9.83. The molecule has 0 radical (unpaired) electrons. The van der Waals surface area contributed by atoms with Crippen molar-refractivity contribution in [2.75, 3.05) is 39.3 Å². The molecule has 1 N–H and O–H groups in total. The Kier molecular flexibility index (Phi) is 4.33. The monoisotopic (exact) mass is 273 g/mol. The summed E-state index contributed by atoms with van der Waals surface area (Å²) in [6, 6.07) is 8.63. The van der Waals surface area contributed by atoms with E-state index in [-0.39, 0.29) is 5.91 Å². The third-order valence-electron chi connectivity index (χ3n) is 4.26. The quantitative estimate of drug-likeness (QED) is 0.868. The molecule has 0 saturated carbocycles. The van der Waals surface area contributed by atoms with Gasteiger partial charge in [-0.3, -0.25) is 9.69 Å². The number of benzene rings is 1. The zero-order valence-corrected chi connectivity index (χ0v) is 12.0. The van der Waals surface area contributed by atoms with E-state index in [0.29, 0.717) is 6.54 Å². The number of rotatable bonds is 2. The molecule has 0 spiro atoms. The van der Waals surface area contributed by atoms with E-state index in [2.05, 4.69) is 34.5 Å². The van der Waals surface area contributed by atoms with Crippen LogP contribution in [0.5, 0.6) is 0 Å². The molecule has 0 atom stereocenters. The molecule has 2 aliphatic rings.